The number of hydrogen-bond donors (Lipinski definition) is 0. The molecule has 7 nitrogen and oxygen atoms in total. The van der Waals surface area contributed by atoms with Crippen LogP contribution in [0.5, 0.6) is 0 Å². The third-order valence-electron chi connectivity index (χ3n) is 9.33. The Bertz CT molecular complexity index is 864. The Morgan fingerprint density at radius 1 is 1.03 bits per heavy atom. The molecule has 0 amide bonds. The molecule has 39 heavy (non-hydrogen) atoms. The molecule has 4 fully saturated rings. The summed E-state index contributed by atoms with van der Waals surface area (Å²) in [7, 11) is 1.37. The predicted octanol–water partition coefficient (Wildman–Crippen LogP) is 5.88. The zero-order valence-corrected chi connectivity index (χ0v) is 23.7. The average molecular weight is 545 g/mol. The minimum absolute atomic E-state index is 0.0500. The average Bonchev–Trinajstić information content (AvgIpc) is 3.70. The Morgan fingerprint density at radius 2 is 1.74 bits per heavy atom. The maximum atomic E-state index is 11.4. The number of carbonyl (C=O) groups excluding carboxylic acids is 1. The molecule has 2 unspecified atom stereocenters. The van der Waals surface area contributed by atoms with Crippen molar-refractivity contribution in [3.8, 4) is 0 Å². The fourth-order valence-corrected chi connectivity index (χ4v) is 7.15. The van der Waals surface area contributed by atoms with Crippen molar-refractivity contribution < 1.29 is 33.2 Å². The van der Waals surface area contributed by atoms with Crippen molar-refractivity contribution in [1.82, 2.24) is 0 Å². The molecule has 218 valence electrons. The Hall–Kier alpha value is -1.51. The summed E-state index contributed by atoms with van der Waals surface area (Å²) in [6.45, 7) is 6.15. The second kappa shape index (κ2) is 14.4. The lowest BCUT2D eigenvalue weighted by Crippen LogP contribution is -2.32. The normalized spacial score (nSPS) is 34.2. The standard InChI is InChI=1S/C32H48O7/c1-22(20-35-21-30(33)34-2)24-17-25-19-29(39-32-12-6-8-16-37-32)26(27(25)18-24)13-14-28(23-9-3-4-10-23)38-31-11-5-7-15-36-31/h13-14,17,23,25-29,31-32H,1,3-12,15-16,18-21H2,2H3/b14-13+/t25-,26+,27-,28+,29+,31?,32?/m0/s1. The largest absolute Gasteiger partial charge is 0.467 e. The second-order valence-electron chi connectivity index (χ2n) is 12.0. The molecule has 0 aromatic carbocycles. The van der Waals surface area contributed by atoms with Gasteiger partial charge in [0.1, 0.15) is 6.61 Å². The molecular weight excluding hydrogens is 496 g/mol. The lowest BCUT2D eigenvalue weighted by molar-refractivity contribution is -0.193. The van der Waals surface area contributed by atoms with Crippen molar-refractivity contribution >= 4 is 5.97 Å². The number of ether oxygens (including phenoxy) is 6. The van der Waals surface area contributed by atoms with Gasteiger partial charge in [-0.15, -0.1) is 0 Å². The molecule has 0 aromatic heterocycles. The topological polar surface area (TPSA) is 72.5 Å². The number of methoxy groups -OCH3 is 1. The molecule has 0 aromatic rings. The van der Waals surface area contributed by atoms with E-state index in [0.717, 1.165) is 57.3 Å². The minimum Gasteiger partial charge on any atom is -0.467 e. The summed E-state index contributed by atoms with van der Waals surface area (Å²) in [5.74, 6) is 1.38. The van der Waals surface area contributed by atoms with E-state index in [1.54, 1.807) is 0 Å². The van der Waals surface area contributed by atoms with Crippen molar-refractivity contribution in [2.24, 2.45) is 23.7 Å². The van der Waals surface area contributed by atoms with Gasteiger partial charge in [0.15, 0.2) is 12.6 Å². The molecule has 7 heteroatoms. The zero-order valence-electron chi connectivity index (χ0n) is 23.7. The van der Waals surface area contributed by atoms with Gasteiger partial charge in [0, 0.05) is 19.1 Å². The Labute approximate surface area is 234 Å². The Kier molecular flexibility index (Phi) is 10.7. The first-order valence-electron chi connectivity index (χ1n) is 15.4. The first-order valence-corrected chi connectivity index (χ1v) is 15.4. The van der Waals surface area contributed by atoms with Gasteiger partial charge >= 0.3 is 5.97 Å². The van der Waals surface area contributed by atoms with Crippen molar-refractivity contribution in [1.29, 1.82) is 0 Å². The summed E-state index contributed by atoms with van der Waals surface area (Å²) in [4.78, 5) is 11.4. The van der Waals surface area contributed by atoms with Crippen molar-refractivity contribution in [2.75, 3.05) is 33.5 Å². The Balaban J connectivity index is 1.27. The van der Waals surface area contributed by atoms with Gasteiger partial charge in [0.2, 0.25) is 0 Å². The van der Waals surface area contributed by atoms with Gasteiger partial charge in [-0.25, -0.2) is 4.79 Å². The van der Waals surface area contributed by atoms with Crippen LogP contribution in [0.1, 0.15) is 77.0 Å². The molecule has 3 aliphatic carbocycles. The van der Waals surface area contributed by atoms with Gasteiger partial charge in [-0.1, -0.05) is 37.6 Å². The van der Waals surface area contributed by atoms with Crippen LogP contribution >= 0.6 is 0 Å². The van der Waals surface area contributed by atoms with Crippen LogP contribution in [0.4, 0.5) is 0 Å². The van der Waals surface area contributed by atoms with Gasteiger partial charge in [-0.2, -0.15) is 0 Å². The van der Waals surface area contributed by atoms with Gasteiger partial charge in [0.05, 0.1) is 25.9 Å². The van der Waals surface area contributed by atoms with E-state index in [1.807, 2.05) is 0 Å². The molecule has 2 saturated carbocycles. The fourth-order valence-electron chi connectivity index (χ4n) is 7.15. The molecule has 2 heterocycles. The van der Waals surface area contributed by atoms with Crippen LogP contribution in [0.25, 0.3) is 0 Å². The van der Waals surface area contributed by atoms with E-state index < -0.39 is 0 Å². The first kappa shape index (κ1) is 29.0. The number of allylic oxidation sites excluding steroid dienone is 1. The van der Waals surface area contributed by atoms with E-state index in [1.165, 1.54) is 51.2 Å². The molecule has 0 bridgehead atoms. The highest BCUT2D eigenvalue weighted by Crippen LogP contribution is 2.50. The number of hydrogen-bond acceptors (Lipinski definition) is 7. The first-order chi connectivity index (χ1) is 19.1. The predicted molar refractivity (Wildman–Crippen MR) is 148 cm³/mol. The molecule has 5 aliphatic rings. The lowest BCUT2D eigenvalue weighted by atomic mass is 9.87. The highest BCUT2D eigenvalue weighted by molar-refractivity contribution is 5.70. The van der Waals surface area contributed by atoms with E-state index in [0.29, 0.717) is 24.4 Å². The maximum Gasteiger partial charge on any atom is 0.331 e. The van der Waals surface area contributed by atoms with Gasteiger partial charge in [-0.05, 0) is 93.1 Å². The number of esters is 1. The van der Waals surface area contributed by atoms with E-state index in [4.69, 9.17) is 23.7 Å². The quantitative estimate of drug-likeness (QED) is 0.224. The third-order valence-corrected chi connectivity index (χ3v) is 9.33. The number of fused-ring (bicyclic) bond motifs is 1. The lowest BCUT2D eigenvalue weighted by Gasteiger charge is -2.31. The maximum absolute atomic E-state index is 11.4. The van der Waals surface area contributed by atoms with E-state index in [2.05, 4.69) is 29.5 Å². The third kappa shape index (κ3) is 7.82. The van der Waals surface area contributed by atoms with Crippen molar-refractivity contribution in [3.63, 3.8) is 0 Å². The highest BCUT2D eigenvalue weighted by atomic mass is 16.7. The summed E-state index contributed by atoms with van der Waals surface area (Å²) in [5, 5.41) is 0. The van der Waals surface area contributed by atoms with Crippen molar-refractivity contribution in [2.45, 2.75) is 102 Å². The van der Waals surface area contributed by atoms with Crippen LogP contribution in [0.15, 0.2) is 36.0 Å². The van der Waals surface area contributed by atoms with E-state index in [9.17, 15) is 4.79 Å². The smallest absolute Gasteiger partial charge is 0.331 e. The SMILES string of the molecule is C=C(COCC(=O)OC)C1=C[C@H]2C[C@@H](OC3CCCCO3)[C@H](/C=C/[C@@H](OC3CCCCO3)C3CCCC3)[C@H]2C1. The molecular formula is C32H48O7. The molecule has 0 N–H and O–H groups in total. The van der Waals surface area contributed by atoms with Crippen LogP contribution in [0.3, 0.4) is 0 Å². The van der Waals surface area contributed by atoms with Crippen molar-refractivity contribution in [3.05, 3.63) is 36.0 Å². The molecule has 7 atom stereocenters. The van der Waals surface area contributed by atoms with Gasteiger partial charge < -0.3 is 28.4 Å². The monoisotopic (exact) mass is 544 g/mol. The van der Waals surface area contributed by atoms with Gasteiger partial charge in [0.25, 0.3) is 0 Å². The summed E-state index contributed by atoms with van der Waals surface area (Å²) < 4.78 is 35.4. The van der Waals surface area contributed by atoms with Gasteiger partial charge in [-0.3, -0.25) is 0 Å². The minimum atomic E-state index is -0.368. The zero-order chi connectivity index (χ0) is 27.0. The highest BCUT2D eigenvalue weighted by Gasteiger charge is 2.46. The molecule has 5 rings (SSSR count). The fraction of sp³-hybridized carbons (Fsp3) is 0.781. The Morgan fingerprint density at radius 3 is 2.44 bits per heavy atom. The second-order valence-corrected chi connectivity index (χ2v) is 12.0. The van der Waals surface area contributed by atoms with E-state index >= 15 is 0 Å². The summed E-state index contributed by atoms with van der Waals surface area (Å²) in [6, 6.07) is 0. The molecule has 2 aliphatic heterocycles. The summed E-state index contributed by atoms with van der Waals surface area (Å²) >= 11 is 0. The summed E-state index contributed by atoms with van der Waals surface area (Å²) in [5.41, 5.74) is 2.20. The summed E-state index contributed by atoms with van der Waals surface area (Å²) in [6.07, 6.45) is 20.7. The van der Waals surface area contributed by atoms with Crippen LogP contribution in [0, 0.1) is 23.7 Å². The van der Waals surface area contributed by atoms with Crippen LogP contribution in [-0.4, -0.2) is 64.3 Å². The molecule has 0 radical (unpaired) electrons. The molecule has 0 spiro atoms. The number of carbonyl (C=O) groups is 1. The number of rotatable bonds is 12. The van der Waals surface area contributed by atoms with E-state index in [-0.39, 0.29) is 43.3 Å². The van der Waals surface area contributed by atoms with Crippen LogP contribution in [0.2, 0.25) is 0 Å². The van der Waals surface area contributed by atoms with Crippen LogP contribution < -0.4 is 0 Å². The molecule has 2 saturated heterocycles. The van der Waals surface area contributed by atoms with Crippen LogP contribution in [-0.2, 0) is 33.2 Å².